The molecule has 188 valence electrons. The van der Waals surface area contributed by atoms with Crippen LogP contribution < -0.4 is 4.74 Å². The van der Waals surface area contributed by atoms with Crippen LogP contribution in [0.15, 0.2) is 109 Å². The van der Waals surface area contributed by atoms with Gasteiger partial charge >= 0.3 is 0 Å². The van der Waals surface area contributed by atoms with Crippen molar-refractivity contribution < 1.29 is 4.74 Å². The van der Waals surface area contributed by atoms with E-state index < -0.39 is 0 Å². The number of rotatable bonds is 2. The molecular weight excluding hydrogens is 476 g/mol. The van der Waals surface area contributed by atoms with E-state index in [9.17, 15) is 0 Å². The lowest BCUT2D eigenvalue weighted by Gasteiger charge is -2.43. The highest BCUT2D eigenvalue weighted by Crippen LogP contribution is 2.55. The van der Waals surface area contributed by atoms with Crippen LogP contribution in [0.5, 0.6) is 11.5 Å². The van der Waals surface area contributed by atoms with E-state index in [-0.39, 0.29) is 5.41 Å². The fourth-order valence-corrected chi connectivity index (χ4v) is 6.82. The van der Waals surface area contributed by atoms with Gasteiger partial charge in [-0.1, -0.05) is 86.0 Å². The molecule has 0 amide bonds. The van der Waals surface area contributed by atoms with Gasteiger partial charge in [0.25, 0.3) is 0 Å². The van der Waals surface area contributed by atoms with E-state index >= 15 is 0 Å². The van der Waals surface area contributed by atoms with Gasteiger partial charge in [-0.15, -0.1) is 0 Å². The molecule has 3 heteroatoms. The molecule has 1 aliphatic carbocycles. The summed E-state index contributed by atoms with van der Waals surface area (Å²) in [4.78, 5) is 9.72. The van der Waals surface area contributed by atoms with Crippen LogP contribution in [0.25, 0.3) is 44.2 Å². The van der Waals surface area contributed by atoms with Gasteiger partial charge in [-0.2, -0.15) is 0 Å². The Morgan fingerprint density at radius 2 is 1.33 bits per heavy atom. The van der Waals surface area contributed by atoms with Crippen LogP contribution in [-0.4, -0.2) is 9.97 Å². The van der Waals surface area contributed by atoms with Crippen molar-refractivity contribution in [2.45, 2.75) is 37.5 Å². The van der Waals surface area contributed by atoms with Crippen molar-refractivity contribution in [3.8, 4) is 33.9 Å². The number of pyridine rings is 2. The first kappa shape index (κ1) is 22.5. The van der Waals surface area contributed by atoms with Gasteiger partial charge < -0.3 is 4.74 Å². The van der Waals surface area contributed by atoms with E-state index in [2.05, 4.69) is 102 Å². The molecule has 0 saturated heterocycles. The maximum absolute atomic E-state index is 6.45. The quantitative estimate of drug-likeness (QED) is 0.220. The van der Waals surface area contributed by atoms with Gasteiger partial charge in [0.05, 0.1) is 16.7 Å². The number of fused-ring (bicyclic) bond motifs is 7. The Kier molecular flexibility index (Phi) is 5.06. The number of hydrogen-bond acceptors (Lipinski definition) is 3. The second-order valence-corrected chi connectivity index (χ2v) is 10.9. The first-order valence-electron chi connectivity index (χ1n) is 14.0. The molecule has 3 nitrogen and oxygen atoms in total. The van der Waals surface area contributed by atoms with Crippen molar-refractivity contribution in [2.75, 3.05) is 0 Å². The molecule has 2 aromatic heterocycles. The smallest absolute Gasteiger partial charge is 0.131 e. The zero-order valence-corrected chi connectivity index (χ0v) is 21.7. The lowest BCUT2D eigenvalue weighted by molar-refractivity contribution is 0.306. The van der Waals surface area contributed by atoms with Crippen LogP contribution in [-0.2, 0) is 5.41 Å². The number of para-hydroxylation sites is 1. The Morgan fingerprint density at radius 3 is 2.26 bits per heavy atom. The van der Waals surface area contributed by atoms with E-state index in [1.54, 1.807) is 0 Å². The monoisotopic (exact) mass is 504 g/mol. The minimum absolute atomic E-state index is 0.0318. The summed E-state index contributed by atoms with van der Waals surface area (Å²) in [5, 5.41) is 2.21. The van der Waals surface area contributed by atoms with Gasteiger partial charge in [-0.25, -0.2) is 4.98 Å². The van der Waals surface area contributed by atoms with E-state index in [0.717, 1.165) is 44.6 Å². The maximum atomic E-state index is 6.45. The SMILES string of the molecule is c1cc(-c2ccc3c(c2)C2(CCCCC2)c2ccccc2O3)cc(-c2ccc3ccc4cccnc4c3n2)c1. The number of benzene rings is 4. The molecule has 1 spiro atoms. The summed E-state index contributed by atoms with van der Waals surface area (Å²) in [6.45, 7) is 0. The van der Waals surface area contributed by atoms with Crippen LogP contribution in [0.3, 0.4) is 0 Å². The highest BCUT2D eigenvalue weighted by Gasteiger charge is 2.42. The highest BCUT2D eigenvalue weighted by molar-refractivity contribution is 6.03. The van der Waals surface area contributed by atoms with Crippen molar-refractivity contribution in [3.05, 3.63) is 120 Å². The molecule has 4 aromatic carbocycles. The lowest BCUT2D eigenvalue weighted by atomic mass is 9.63. The van der Waals surface area contributed by atoms with Crippen LogP contribution in [0.2, 0.25) is 0 Å². The first-order chi connectivity index (χ1) is 19.3. The zero-order chi connectivity index (χ0) is 25.8. The van der Waals surface area contributed by atoms with Crippen molar-refractivity contribution in [1.29, 1.82) is 0 Å². The Labute approximate surface area is 228 Å². The highest BCUT2D eigenvalue weighted by atomic mass is 16.5. The second kappa shape index (κ2) is 8.78. The third-order valence-electron chi connectivity index (χ3n) is 8.75. The van der Waals surface area contributed by atoms with Gasteiger partial charge in [-0.05, 0) is 60.4 Å². The molecule has 1 aliphatic heterocycles. The largest absolute Gasteiger partial charge is 0.457 e. The summed E-state index contributed by atoms with van der Waals surface area (Å²) in [5.74, 6) is 2.03. The predicted octanol–water partition coefficient (Wildman–Crippen LogP) is 9.47. The van der Waals surface area contributed by atoms with Gasteiger partial charge in [0.1, 0.15) is 11.5 Å². The van der Waals surface area contributed by atoms with E-state index in [0.29, 0.717) is 0 Å². The van der Waals surface area contributed by atoms with E-state index in [1.807, 2.05) is 12.3 Å². The molecule has 1 saturated carbocycles. The van der Waals surface area contributed by atoms with Gasteiger partial charge in [0, 0.05) is 39.1 Å². The molecule has 1 fully saturated rings. The summed E-state index contributed by atoms with van der Waals surface area (Å²) < 4.78 is 6.45. The summed E-state index contributed by atoms with van der Waals surface area (Å²) in [6, 6.07) is 36.7. The number of hydrogen-bond donors (Lipinski definition) is 0. The Morgan fingerprint density at radius 1 is 0.564 bits per heavy atom. The molecule has 0 bridgehead atoms. The molecule has 0 unspecified atom stereocenters. The Balaban J connectivity index is 1.24. The molecule has 3 heterocycles. The molecule has 0 N–H and O–H groups in total. The molecule has 8 rings (SSSR count). The number of ether oxygens (including phenoxy) is 1. The third-order valence-corrected chi connectivity index (χ3v) is 8.75. The molecule has 39 heavy (non-hydrogen) atoms. The molecule has 2 aliphatic rings. The van der Waals surface area contributed by atoms with Crippen LogP contribution in [0, 0.1) is 0 Å². The van der Waals surface area contributed by atoms with Crippen LogP contribution in [0.4, 0.5) is 0 Å². The zero-order valence-electron chi connectivity index (χ0n) is 21.7. The number of nitrogens with zero attached hydrogens (tertiary/aromatic N) is 2. The van der Waals surface area contributed by atoms with E-state index in [4.69, 9.17) is 9.72 Å². The minimum atomic E-state index is 0.0318. The van der Waals surface area contributed by atoms with Crippen molar-refractivity contribution in [1.82, 2.24) is 9.97 Å². The van der Waals surface area contributed by atoms with Crippen molar-refractivity contribution >= 4 is 21.8 Å². The Hall–Kier alpha value is -4.50. The molecule has 0 radical (unpaired) electrons. The summed E-state index contributed by atoms with van der Waals surface area (Å²) in [6.07, 6.45) is 8.01. The van der Waals surface area contributed by atoms with Crippen molar-refractivity contribution in [3.63, 3.8) is 0 Å². The average Bonchev–Trinajstić information content (AvgIpc) is 3.01. The molecule has 0 atom stereocenters. The van der Waals surface area contributed by atoms with Crippen LogP contribution >= 0.6 is 0 Å². The minimum Gasteiger partial charge on any atom is -0.457 e. The summed E-state index contributed by atoms with van der Waals surface area (Å²) in [7, 11) is 0. The first-order valence-corrected chi connectivity index (χ1v) is 14.0. The van der Waals surface area contributed by atoms with Gasteiger partial charge in [0.2, 0.25) is 0 Å². The number of aromatic nitrogens is 2. The van der Waals surface area contributed by atoms with Gasteiger partial charge in [-0.3, -0.25) is 4.98 Å². The third kappa shape index (κ3) is 3.57. The summed E-state index contributed by atoms with van der Waals surface area (Å²) in [5.41, 5.74) is 9.09. The normalized spacial score (nSPS) is 15.6. The Bertz CT molecular complexity index is 1880. The maximum Gasteiger partial charge on any atom is 0.131 e. The van der Waals surface area contributed by atoms with Crippen LogP contribution in [0.1, 0.15) is 43.2 Å². The average molecular weight is 505 g/mol. The second-order valence-electron chi connectivity index (χ2n) is 10.9. The fourth-order valence-electron chi connectivity index (χ4n) is 6.82. The standard InChI is InChI=1S/C36H28N2O/c1-4-19-36(20-5-1)29-11-2-3-12-32(29)39-33-18-16-27(23-30(33)36)26-8-6-9-28(22-26)31-17-15-25-14-13-24-10-7-21-37-34(24)35(25)38-31/h2-3,6-18,21-23H,1,4-5,19-20H2. The lowest BCUT2D eigenvalue weighted by Crippen LogP contribution is -2.33. The molecular formula is C36H28N2O. The van der Waals surface area contributed by atoms with Crippen molar-refractivity contribution in [2.24, 2.45) is 0 Å². The topological polar surface area (TPSA) is 35.0 Å². The van der Waals surface area contributed by atoms with E-state index in [1.165, 1.54) is 54.4 Å². The van der Waals surface area contributed by atoms with Gasteiger partial charge in [0.15, 0.2) is 0 Å². The molecule has 6 aromatic rings. The predicted molar refractivity (Wildman–Crippen MR) is 158 cm³/mol. The summed E-state index contributed by atoms with van der Waals surface area (Å²) >= 11 is 0. The fraction of sp³-hybridized carbons (Fsp3) is 0.167.